The maximum Gasteiger partial charge on any atom is 0.210 e. The molecule has 5 rings (SSSR count). The molecular weight excluding hydrogens is 426 g/mol. The summed E-state index contributed by atoms with van der Waals surface area (Å²) in [6.45, 7) is 3.90. The Morgan fingerprint density at radius 1 is 1.09 bits per heavy atom. The second kappa shape index (κ2) is 7.76. The minimum absolute atomic E-state index is 0.299. The molecule has 3 aromatic heterocycles. The topological polar surface area (TPSA) is 102 Å². The van der Waals surface area contributed by atoms with Crippen molar-refractivity contribution in [2.24, 2.45) is 0 Å². The molecule has 0 unspecified atom stereocenters. The fraction of sp³-hybridized carbons (Fsp3) is 0.174. The van der Waals surface area contributed by atoms with Gasteiger partial charge in [0.15, 0.2) is 15.5 Å². The van der Waals surface area contributed by atoms with E-state index in [0.29, 0.717) is 23.0 Å². The van der Waals surface area contributed by atoms with Crippen molar-refractivity contribution in [2.45, 2.75) is 30.5 Å². The van der Waals surface area contributed by atoms with Gasteiger partial charge >= 0.3 is 0 Å². The number of furan rings is 1. The molecule has 0 atom stereocenters. The number of fused-ring (bicyclic) bond motifs is 2. The van der Waals surface area contributed by atoms with E-state index in [1.807, 2.05) is 24.3 Å². The minimum atomic E-state index is -3.32. The summed E-state index contributed by atoms with van der Waals surface area (Å²) < 4.78 is 32.0. The van der Waals surface area contributed by atoms with Crippen molar-refractivity contribution in [1.82, 2.24) is 19.6 Å². The van der Waals surface area contributed by atoms with Crippen LogP contribution in [0, 0.1) is 0 Å². The third-order valence-electron chi connectivity index (χ3n) is 5.47. The molecule has 0 spiro atoms. The molecule has 0 radical (unpaired) electrons. The third kappa shape index (κ3) is 3.40. The van der Waals surface area contributed by atoms with Crippen molar-refractivity contribution >= 4 is 32.4 Å². The van der Waals surface area contributed by atoms with Crippen molar-refractivity contribution in [3.05, 3.63) is 72.9 Å². The van der Waals surface area contributed by atoms with E-state index in [9.17, 15) is 8.42 Å². The summed E-state index contributed by atoms with van der Waals surface area (Å²) in [7, 11) is -3.32. The highest BCUT2D eigenvalue weighted by atomic mass is 32.2. The van der Waals surface area contributed by atoms with Crippen LogP contribution in [0.2, 0.25) is 0 Å². The van der Waals surface area contributed by atoms with Crippen LogP contribution in [0.4, 0.5) is 5.95 Å². The molecule has 162 valence electrons. The number of hydrogen-bond acceptors (Lipinski definition) is 7. The van der Waals surface area contributed by atoms with E-state index >= 15 is 0 Å². The van der Waals surface area contributed by atoms with Crippen LogP contribution < -0.4 is 5.32 Å². The summed E-state index contributed by atoms with van der Waals surface area (Å²) in [5.74, 6) is 0.605. The molecule has 0 fully saturated rings. The third-order valence-corrected chi connectivity index (χ3v) is 7.64. The van der Waals surface area contributed by atoms with E-state index in [2.05, 4.69) is 20.5 Å². The van der Waals surface area contributed by atoms with Gasteiger partial charge in [-0.1, -0.05) is 24.3 Å². The van der Waals surface area contributed by atoms with Gasteiger partial charge in [-0.2, -0.15) is 0 Å². The fourth-order valence-electron chi connectivity index (χ4n) is 3.64. The highest BCUT2D eigenvalue weighted by Gasteiger charge is 2.19. The average Bonchev–Trinajstić information content (AvgIpc) is 3.47. The lowest BCUT2D eigenvalue weighted by Gasteiger charge is -2.11. The molecule has 1 N–H and O–H groups in total. The molecule has 0 aliphatic carbocycles. The maximum atomic E-state index is 12.4. The molecule has 0 amide bonds. The van der Waals surface area contributed by atoms with Gasteiger partial charge in [0.1, 0.15) is 11.9 Å². The lowest BCUT2D eigenvalue weighted by atomic mass is 10.1. The quantitative estimate of drug-likeness (QED) is 0.413. The van der Waals surface area contributed by atoms with Crippen LogP contribution >= 0.6 is 0 Å². The predicted octanol–water partition coefficient (Wildman–Crippen LogP) is 4.33. The normalized spacial score (nSPS) is 12.1. The Kier molecular flexibility index (Phi) is 4.90. The Morgan fingerprint density at radius 3 is 2.69 bits per heavy atom. The average molecular weight is 448 g/mol. The minimum Gasteiger partial charge on any atom is -0.464 e. The SMILES string of the molecule is CC(C)S(=O)(=O)c1ccc(-c2cnc(NCc3cccc4occc34)n3cnnc23)cc1. The summed E-state index contributed by atoms with van der Waals surface area (Å²) in [5.41, 5.74) is 4.13. The van der Waals surface area contributed by atoms with Crippen LogP contribution in [0.15, 0.2) is 76.6 Å². The number of hydrogen-bond donors (Lipinski definition) is 1. The molecule has 0 saturated heterocycles. The highest BCUT2D eigenvalue weighted by Crippen LogP contribution is 2.27. The smallest absolute Gasteiger partial charge is 0.210 e. The summed E-state index contributed by atoms with van der Waals surface area (Å²) in [4.78, 5) is 4.87. The number of aromatic nitrogens is 4. The van der Waals surface area contributed by atoms with Crippen molar-refractivity contribution in [1.29, 1.82) is 0 Å². The molecular formula is C23H21N5O3S. The number of sulfone groups is 1. The molecule has 5 aromatic rings. The lowest BCUT2D eigenvalue weighted by Crippen LogP contribution is -2.13. The molecule has 3 heterocycles. The van der Waals surface area contributed by atoms with Gasteiger partial charge in [-0.25, -0.2) is 13.4 Å². The van der Waals surface area contributed by atoms with E-state index in [1.165, 1.54) is 0 Å². The summed E-state index contributed by atoms with van der Waals surface area (Å²) in [6, 6.07) is 14.7. The summed E-state index contributed by atoms with van der Waals surface area (Å²) >= 11 is 0. The number of benzene rings is 2. The first kappa shape index (κ1) is 20.2. The molecule has 0 bridgehead atoms. The molecule has 2 aromatic carbocycles. The predicted molar refractivity (Wildman–Crippen MR) is 122 cm³/mol. The van der Waals surface area contributed by atoms with Crippen LogP contribution in [0.3, 0.4) is 0 Å². The first-order valence-corrected chi connectivity index (χ1v) is 11.7. The van der Waals surface area contributed by atoms with Crippen molar-refractivity contribution in [2.75, 3.05) is 5.32 Å². The standard InChI is InChI=1S/C23H21N5O3S/c1-15(2)32(29,30)18-8-6-16(7-9-18)20-13-25-23(28-14-26-27-22(20)28)24-12-17-4-3-5-21-19(17)10-11-31-21/h3-11,13-15H,12H2,1-2H3,(H,24,25). The van der Waals surface area contributed by atoms with E-state index in [1.54, 1.807) is 61.3 Å². The van der Waals surface area contributed by atoms with Crippen LogP contribution in [-0.4, -0.2) is 33.2 Å². The number of nitrogens with one attached hydrogen (secondary N) is 1. The summed E-state index contributed by atoms with van der Waals surface area (Å²) in [6.07, 6.45) is 5.00. The molecule has 0 aliphatic heterocycles. The lowest BCUT2D eigenvalue weighted by molar-refractivity contribution is 0.587. The van der Waals surface area contributed by atoms with Gasteiger partial charge in [-0.15, -0.1) is 10.2 Å². The first-order chi connectivity index (χ1) is 15.4. The van der Waals surface area contributed by atoms with Crippen molar-refractivity contribution in [3.63, 3.8) is 0 Å². The van der Waals surface area contributed by atoms with Gasteiger partial charge in [0.2, 0.25) is 5.95 Å². The van der Waals surface area contributed by atoms with Gasteiger partial charge in [0.05, 0.1) is 16.4 Å². The molecule has 0 saturated carbocycles. The second-order valence-electron chi connectivity index (χ2n) is 7.74. The van der Waals surface area contributed by atoms with Crippen molar-refractivity contribution in [3.8, 4) is 11.1 Å². The Hall–Kier alpha value is -3.72. The van der Waals surface area contributed by atoms with Gasteiger partial charge in [-0.3, -0.25) is 4.40 Å². The van der Waals surface area contributed by atoms with E-state index in [0.717, 1.165) is 27.7 Å². The Labute approximate surface area is 184 Å². The van der Waals surface area contributed by atoms with E-state index in [4.69, 9.17) is 4.42 Å². The highest BCUT2D eigenvalue weighted by molar-refractivity contribution is 7.92. The monoisotopic (exact) mass is 447 g/mol. The van der Waals surface area contributed by atoms with Crippen LogP contribution in [0.1, 0.15) is 19.4 Å². The molecule has 32 heavy (non-hydrogen) atoms. The number of rotatable bonds is 6. The fourth-order valence-corrected chi connectivity index (χ4v) is 4.70. The number of anilines is 1. The van der Waals surface area contributed by atoms with Gasteiger partial charge in [0.25, 0.3) is 0 Å². The maximum absolute atomic E-state index is 12.4. The van der Waals surface area contributed by atoms with Crippen LogP contribution in [0.25, 0.3) is 27.7 Å². The zero-order valence-corrected chi connectivity index (χ0v) is 18.4. The Bertz CT molecular complexity index is 1520. The van der Waals surface area contributed by atoms with E-state index < -0.39 is 15.1 Å². The first-order valence-electron chi connectivity index (χ1n) is 10.2. The second-order valence-corrected chi connectivity index (χ2v) is 10.2. The number of nitrogens with zero attached hydrogens (tertiary/aromatic N) is 4. The van der Waals surface area contributed by atoms with Crippen molar-refractivity contribution < 1.29 is 12.8 Å². The Morgan fingerprint density at radius 2 is 1.91 bits per heavy atom. The van der Waals surface area contributed by atoms with E-state index in [-0.39, 0.29) is 0 Å². The van der Waals surface area contributed by atoms with Gasteiger partial charge in [-0.05, 0) is 49.2 Å². The van der Waals surface area contributed by atoms with Crippen LogP contribution in [0.5, 0.6) is 0 Å². The zero-order valence-electron chi connectivity index (χ0n) is 17.6. The molecule has 9 heteroatoms. The van der Waals surface area contributed by atoms with Gasteiger partial charge < -0.3 is 9.73 Å². The molecule has 8 nitrogen and oxygen atoms in total. The largest absolute Gasteiger partial charge is 0.464 e. The Balaban J connectivity index is 1.46. The van der Waals surface area contributed by atoms with Gasteiger partial charge in [0, 0.05) is 23.7 Å². The summed E-state index contributed by atoms with van der Waals surface area (Å²) in [5, 5.41) is 12.2. The molecule has 0 aliphatic rings. The van der Waals surface area contributed by atoms with Crippen LogP contribution in [-0.2, 0) is 16.4 Å². The zero-order chi connectivity index (χ0) is 22.3.